The predicted octanol–water partition coefficient (Wildman–Crippen LogP) is 7.74. The van der Waals surface area contributed by atoms with Crippen LogP contribution in [-0.4, -0.2) is 11.5 Å². The smallest absolute Gasteiger partial charge is 0.0154 e. The molecule has 0 spiro atoms. The van der Waals surface area contributed by atoms with E-state index in [-0.39, 0.29) is 5.41 Å². The molecular weight excluding hydrogens is 296 g/mol. The van der Waals surface area contributed by atoms with Crippen LogP contribution in [0.15, 0.2) is 47.1 Å². The van der Waals surface area contributed by atoms with E-state index in [1.807, 2.05) is 11.8 Å². The van der Waals surface area contributed by atoms with Gasteiger partial charge in [-0.25, -0.2) is 0 Å². The Balaban J connectivity index is 5.81. The fourth-order valence-corrected chi connectivity index (χ4v) is 3.82. The molecule has 132 valence electrons. The van der Waals surface area contributed by atoms with Crippen molar-refractivity contribution in [2.45, 2.75) is 74.1 Å². The molecular formula is C22H38S. The van der Waals surface area contributed by atoms with Gasteiger partial charge >= 0.3 is 0 Å². The average molecular weight is 335 g/mol. The zero-order chi connectivity index (χ0) is 17.9. The lowest BCUT2D eigenvalue weighted by molar-refractivity contribution is 0.540. The number of hydrogen-bond donors (Lipinski definition) is 0. The highest BCUT2D eigenvalue weighted by Gasteiger charge is 2.27. The Bertz CT molecular complexity index is 447. The molecule has 0 aromatic rings. The molecule has 0 aliphatic carbocycles. The Morgan fingerprint density at radius 3 is 2.17 bits per heavy atom. The van der Waals surface area contributed by atoms with Gasteiger partial charge in [0.25, 0.3) is 0 Å². The van der Waals surface area contributed by atoms with E-state index < -0.39 is 0 Å². The number of thioether (sulfide) groups is 1. The average Bonchev–Trinajstić information content (AvgIpc) is 2.47. The highest BCUT2D eigenvalue weighted by atomic mass is 32.2. The quantitative estimate of drug-likeness (QED) is 0.275. The Labute approximate surface area is 150 Å². The maximum absolute atomic E-state index is 4.02. The van der Waals surface area contributed by atoms with Crippen molar-refractivity contribution in [3.05, 3.63) is 47.1 Å². The normalized spacial score (nSPS) is 14.3. The summed E-state index contributed by atoms with van der Waals surface area (Å²) in [5.41, 5.74) is 5.82. The summed E-state index contributed by atoms with van der Waals surface area (Å²) in [5, 5.41) is 0. The number of unbranched alkanes of at least 4 members (excludes halogenated alkanes) is 1. The van der Waals surface area contributed by atoms with Crippen LogP contribution >= 0.6 is 11.8 Å². The Morgan fingerprint density at radius 1 is 1.04 bits per heavy atom. The first-order valence-electron chi connectivity index (χ1n) is 9.12. The predicted molar refractivity (Wildman–Crippen MR) is 111 cm³/mol. The van der Waals surface area contributed by atoms with E-state index in [1.165, 1.54) is 30.6 Å². The highest BCUT2D eigenvalue weighted by molar-refractivity contribution is 7.99. The van der Waals surface area contributed by atoms with Gasteiger partial charge in [0.1, 0.15) is 0 Å². The van der Waals surface area contributed by atoms with E-state index >= 15 is 0 Å². The minimum atomic E-state index is 0.0859. The number of allylic oxidation sites excluding steroid dienone is 6. The summed E-state index contributed by atoms with van der Waals surface area (Å²) < 4.78 is 0. The molecule has 0 aliphatic rings. The third-order valence-corrected chi connectivity index (χ3v) is 5.17. The van der Waals surface area contributed by atoms with Crippen molar-refractivity contribution in [2.24, 2.45) is 5.41 Å². The topological polar surface area (TPSA) is 0 Å². The lowest BCUT2D eigenvalue weighted by Crippen LogP contribution is -2.21. The van der Waals surface area contributed by atoms with Gasteiger partial charge in [-0.2, -0.15) is 11.8 Å². The number of rotatable bonds is 11. The summed E-state index contributed by atoms with van der Waals surface area (Å²) in [7, 11) is 0. The standard InChI is InChI=1S/C22H38S/c1-9-12-14-20(16-15-18(4)5)22(7,8)21(17-23-11-3)19(6)13-10-2/h14-16H,4,9-13,17H2,1-3,5-8H3/b16-15-,20-14+,21-19-. The first-order chi connectivity index (χ1) is 10.8. The van der Waals surface area contributed by atoms with Crippen LogP contribution in [0.5, 0.6) is 0 Å². The zero-order valence-electron chi connectivity index (χ0n) is 16.6. The molecule has 0 aliphatic heterocycles. The van der Waals surface area contributed by atoms with E-state index in [9.17, 15) is 0 Å². The van der Waals surface area contributed by atoms with E-state index in [4.69, 9.17) is 0 Å². The molecule has 0 unspecified atom stereocenters. The van der Waals surface area contributed by atoms with Crippen molar-refractivity contribution in [1.29, 1.82) is 0 Å². The summed E-state index contributed by atoms with van der Waals surface area (Å²) in [6, 6.07) is 0. The summed E-state index contributed by atoms with van der Waals surface area (Å²) in [5.74, 6) is 2.31. The second kappa shape index (κ2) is 11.8. The summed E-state index contributed by atoms with van der Waals surface area (Å²) >= 11 is 2.04. The van der Waals surface area contributed by atoms with E-state index in [1.54, 1.807) is 11.1 Å². The molecule has 0 nitrogen and oxygen atoms in total. The number of hydrogen-bond acceptors (Lipinski definition) is 1. The lowest BCUT2D eigenvalue weighted by Gasteiger charge is -2.32. The molecule has 0 heterocycles. The molecule has 0 bridgehead atoms. The van der Waals surface area contributed by atoms with E-state index in [0.717, 1.165) is 17.7 Å². The van der Waals surface area contributed by atoms with Crippen LogP contribution in [-0.2, 0) is 0 Å². The molecule has 23 heavy (non-hydrogen) atoms. The highest BCUT2D eigenvalue weighted by Crippen LogP contribution is 2.40. The second-order valence-corrected chi connectivity index (χ2v) is 8.17. The third-order valence-electron chi connectivity index (χ3n) is 4.27. The molecule has 0 atom stereocenters. The molecule has 1 heteroatoms. The Hall–Kier alpha value is -0.690. The van der Waals surface area contributed by atoms with Gasteiger partial charge in [0.2, 0.25) is 0 Å². The van der Waals surface area contributed by atoms with Gasteiger partial charge in [0, 0.05) is 11.2 Å². The Kier molecular flexibility index (Phi) is 11.4. The fraction of sp³-hybridized carbons (Fsp3) is 0.636. The summed E-state index contributed by atoms with van der Waals surface area (Å²) in [4.78, 5) is 0. The van der Waals surface area contributed by atoms with Crippen molar-refractivity contribution >= 4 is 11.8 Å². The largest absolute Gasteiger partial charge is 0.158 e. The van der Waals surface area contributed by atoms with Crippen LogP contribution in [0.25, 0.3) is 0 Å². The molecule has 0 aromatic heterocycles. The molecule has 0 rings (SSSR count). The van der Waals surface area contributed by atoms with E-state index in [0.29, 0.717) is 0 Å². The van der Waals surface area contributed by atoms with Gasteiger partial charge in [-0.05, 0) is 38.0 Å². The second-order valence-electron chi connectivity index (χ2n) is 6.90. The first-order valence-corrected chi connectivity index (χ1v) is 10.3. The first kappa shape index (κ1) is 22.3. The zero-order valence-corrected chi connectivity index (χ0v) is 17.4. The van der Waals surface area contributed by atoms with Crippen LogP contribution in [0, 0.1) is 5.41 Å². The van der Waals surface area contributed by atoms with Crippen LogP contribution in [0.4, 0.5) is 0 Å². The lowest BCUT2D eigenvalue weighted by atomic mass is 9.74. The van der Waals surface area contributed by atoms with Crippen LogP contribution in [0.2, 0.25) is 0 Å². The molecule has 0 radical (unpaired) electrons. The molecule has 0 fully saturated rings. The van der Waals surface area contributed by atoms with Gasteiger partial charge in [-0.1, -0.05) is 89.0 Å². The minimum absolute atomic E-state index is 0.0859. The molecule has 0 aromatic carbocycles. The van der Waals surface area contributed by atoms with Gasteiger partial charge in [-0.15, -0.1) is 0 Å². The molecule has 0 amide bonds. The summed E-state index contributed by atoms with van der Waals surface area (Å²) in [6.07, 6.45) is 11.6. The van der Waals surface area contributed by atoms with Crippen molar-refractivity contribution < 1.29 is 0 Å². The Morgan fingerprint density at radius 2 is 1.70 bits per heavy atom. The molecule has 0 saturated heterocycles. The maximum Gasteiger partial charge on any atom is 0.0154 e. The van der Waals surface area contributed by atoms with Crippen molar-refractivity contribution in [2.75, 3.05) is 11.5 Å². The van der Waals surface area contributed by atoms with Gasteiger partial charge in [0.05, 0.1) is 0 Å². The minimum Gasteiger partial charge on any atom is -0.158 e. The third kappa shape index (κ3) is 8.11. The van der Waals surface area contributed by atoms with Gasteiger partial charge in [-0.3, -0.25) is 0 Å². The van der Waals surface area contributed by atoms with Gasteiger partial charge in [0.15, 0.2) is 0 Å². The van der Waals surface area contributed by atoms with Crippen molar-refractivity contribution in [1.82, 2.24) is 0 Å². The van der Waals surface area contributed by atoms with Crippen molar-refractivity contribution in [3.8, 4) is 0 Å². The van der Waals surface area contributed by atoms with E-state index in [2.05, 4.69) is 73.3 Å². The van der Waals surface area contributed by atoms with Gasteiger partial charge < -0.3 is 0 Å². The molecule has 0 N–H and O–H groups in total. The fourth-order valence-electron chi connectivity index (χ4n) is 2.80. The summed E-state index contributed by atoms with van der Waals surface area (Å²) in [6.45, 7) is 20.0. The maximum atomic E-state index is 4.02. The van der Waals surface area contributed by atoms with Crippen LogP contribution in [0.1, 0.15) is 74.1 Å². The molecule has 0 saturated carbocycles. The SMILES string of the molecule is C=C(C)/C=C\C(=C/CCC)C(C)(C)/C(CSCC)=C(/C)CCC. The van der Waals surface area contributed by atoms with Crippen LogP contribution < -0.4 is 0 Å². The van der Waals surface area contributed by atoms with Crippen LogP contribution in [0.3, 0.4) is 0 Å². The monoisotopic (exact) mass is 334 g/mol. The van der Waals surface area contributed by atoms with Crippen molar-refractivity contribution in [3.63, 3.8) is 0 Å².